The van der Waals surface area contributed by atoms with Gasteiger partial charge in [0.15, 0.2) is 0 Å². The maximum Gasteiger partial charge on any atom is 0.416 e. The molecule has 0 saturated carbocycles. The number of ether oxygens (including phenoxy) is 1. The lowest BCUT2D eigenvalue weighted by Crippen LogP contribution is -2.35. The number of carbonyl (C=O) groups excluding carboxylic acids is 1. The summed E-state index contributed by atoms with van der Waals surface area (Å²) in [4.78, 5) is 13.8. The number of benzene rings is 2. The summed E-state index contributed by atoms with van der Waals surface area (Å²) < 4.78 is 43.5. The maximum atomic E-state index is 12.6. The third-order valence-electron chi connectivity index (χ3n) is 4.41. The van der Waals surface area contributed by atoms with Crippen LogP contribution in [0.15, 0.2) is 42.5 Å². The van der Waals surface area contributed by atoms with Crippen molar-refractivity contribution in [2.75, 3.05) is 6.54 Å². The van der Waals surface area contributed by atoms with Crippen LogP contribution in [0, 0.1) is 11.3 Å². The van der Waals surface area contributed by atoms with E-state index in [9.17, 15) is 18.0 Å². The van der Waals surface area contributed by atoms with Gasteiger partial charge < -0.3 is 9.64 Å². The summed E-state index contributed by atoms with van der Waals surface area (Å²) in [5, 5.41) is 8.61. The van der Waals surface area contributed by atoms with Crippen LogP contribution in [0.3, 0.4) is 0 Å². The Bertz CT molecular complexity index is 870. The number of hydrogen-bond acceptors (Lipinski definition) is 3. The predicted molar refractivity (Wildman–Crippen MR) is 91.9 cm³/mol. The van der Waals surface area contributed by atoms with E-state index in [0.29, 0.717) is 31.0 Å². The molecular formula is C20H17F3N2O2. The van der Waals surface area contributed by atoms with Crippen molar-refractivity contribution in [2.24, 2.45) is 0 Å². The quantitative estimate of drug-likeness (QED) is 0.780. The summed E-state index contributed by atoms with van der Waals surface area (Å²) in [6.07, 6.45) is -3.27. The molecule has 0 spiro atoms. The van der Waals surface area contributed by atoms with Gasteiger partial charge in [-0.25, -0.2) is 0 Å². The lowest BCUT2D eigenvalue weighted by atomic mass is 9.99. The van der Waals surface area contributed by atoms with Crippen LogP contribution in [0.2, 0.25) is 0 Å². The van der Waals surface area contributed by atoms with E-state index in [4.69, 9.17) is 10.00 Å². The highest BCUT2D eigenvalue weighted by molar-refractivity contribution is 5.76. The van der Waals surface area contributed by atoms with Crippen LogP contribution in [-0.2, 0) is 23.9 Å². The van der Waals surface area contributed by atoms with Gasteiger partial charge in [-0.1, -0.05) is 6.07 Å². The fourth-order valence-corrected chi connectivity index (χ4v) is 2.98. The van der Waals surface area contributed by atoms with Crippen LogP contribution in [0.1, 0.15) is 29.5 Å². The van der Waals surface area contributed by atoms with Crippen LogP contribution in [0.5, 0.6) is 11.5 Å². The second kappa shape index (κ2) is 7.70. The summed E-state index contributed by atoms with van der Waals surface area (Å²) in [5.74, 6) is 0.747. The molecular weight excluding hydrogens is 357 g/mol. The molecule has 0 radical (unpaired) electrons. The van der Waals surface area contributed by atoms with Gasteiger partial charge >= 0.3 is 6.18 Å². The van der Waals surface area contributed by atoms with Crippen molar-refractivity contribution in [2.45, 2.75) is 32.0 Å². The number of alkyl halides is 3. The van der Waals surface area contributed by atoms with Gasteiger partial charge in [-0.15, -0.1) is 0 Å². The Morgan fingerprint density at radius 2 is 1.81 bits per heavy atom. The molecule has 0 saturated heterocycles. The largest absolute Gasteiger partial charge is 0.457 e. The first-order valence-electron chi connectivity index (χ1n) is 8.48. The number of nitrogens with zero attached hydrogens (tertiary/aromatic N) is 2. The van der Waals surface area contributed by atoms with Crippen molar-refractivity contribution in [3.05, 3.63) is 59.2 Å². The first kappa shape index (κ1) is 18.8. The van der Waals surface area contributed by atoms with E-state index in [1.54, 1.807) is 17.0 Å². The Labute approximate surface area is 154 Å². The zero-order valence-corrected chi connectivity index (χ0v) is 14.4. The molecule has 1 amide bonds. The van der Waals surface area contributed by atoms with E-state index in [1.807, 2.05) is 12.1 Å². The van der Waals surface area contributed by atoms with Crippen LogP contribution >= 0.6 is 0 Å². The minimum Gasteiger partial charge on any atom is -0.457 e. The molecule has 1 heterocycles. The van der Waals surface area contributed by atoms with Crippen molar-refractivity contribution in [3.63, 3.8) is 0 Å². The summed E-state index contributed by atoms with van der Waals surface area (Å²) in [7, 11) is 0. The Hall–Kier alpha value is -3.01. The summed E-state index contributed by atoms with van der Waals surface area (Å²) >= 11 is 0. The predicted octanol–water partition coefficient (Wildman–Crippen LogP) is 4.69. The highest BCUT2D eigenvalue weighted by Gasteiger charge is 2.30. The van der Waals surface area contributed by atoms with Crippen molar-refractivity contribution in [1.29, 1.82) is 5.26 Å². The van der Waals surface area contributed by atoms with Gasteiger partial charge in [0.25, 0.3) is 0 Å². The van der Waals surface area contributed by atoms with Gasteiger partial charge in [0, 0.05) is 25.9 Å². The Morgan fingerprint density at radius 1 is 1.11 bits per heavy atom. The minimum absolute atomic E-state index is 0.0590. The molecule has 0 N–H and O–H groups in total. The van der Waals surface area contributed by atoms with E-state index in [-0.39, 0.29) is 18.7 Å². The maximum absolute atomic E-state index is 12.6. The second-order valence-electron chi connectivity index (χ2n) is 6.28. The zero-order valence-electron chi connectivity index (χ0n) is 14.4. The van der Waals surface area contributed by atoms with E-state index >= 15 is 0 Å². The zero-order chi connectivity index (χ0) is 19.4. The monoisotopic (exact) mass is 374 g/mol. The minimum atomic E-state index is -4.38. The number of amides is 1. The van der Waals surface area contributed by atoms with Crippen molar-refractivity contribution >= 4 is 5.91 Å². The third kappa shape index (κ3) is 4.59. The molecule has 140 valence electrons. The second-order valence-corrected chi connectivity index (χ2v) is 6.28. The highest BCUT2D eigenvalue weighted by atomic mass is 19.4. The number of nitriles is 1. The molecule has 27 heavy (non-hydrogen) atoms. The first-order valence-corrected chi connectivity index (χ1v) is 8.48. The van der Waals surface area contributed by atoms with E-state index in [1.165, 1.54) is 12.1 Å². The van der Waals surface area contributed by atoms with Gasteiger partial charge in [-0.2, -0.15) is 18.4 Å². The summed E-state index contributed by atoms with van der Waals surface area (Å²) in [5.41, 5.74) is 1.32. The molecule has 0 aliphatic carbocycles. The molecule has 0 unspecified atom stereocenters. The molecule has 3 rings (SSSR count). The third-order valence-corrected chi connectivity index (χ3v) is 4.41. The molecule has 2 aromatic carbocycles. The molecule has 4 nitrogen and oxygen atoms in total. The van der Waals surface area contributed by atoms with Gasteiger partial charge in [-0.3, -0.25) is 4.79 Å². The van der Waals surface area contributed by atoms with E-state index in [2.05, 4.69) is 0 Å². The van der Waals surface area contributed by atoms with Gasteiger partial charge in [0.2, 0.25) is 5.91 Å². The van der Waals surface area contributed by atoms with E-state index in [0.717, 1.165) is 23.3 Å². The number of halogens is 3. The SMILES string of the molecule is N#CCCC(=O)N1CCc2ccc(Oc3ccc(C(F)(F)F)cc3)cc2C1. The van der Waals surface area contributed by atoms with Crippen LogP contribution in [0.4, 0.5) is 13.2 Å². The molecule has 1 aliphatic heterocycles. The molecule has 7 heteroatoms. The Kier molecular flexibility index (Phi) is 5.36. The molecule has 1 aliphatic rings. The molecule has 0 aromatic heterocycles. The fourth-order valence-electron chi connectivity index (χ4n) is 2.98. The standard InChI is InChI=1S/C20H17F3N2O2/c21-20(22,23)16-4-7-17(8-5-16)27-18-6-3-14-9-11-25(13-15(14)12-18)19(26)2-1-10-24/h3-8,12H,1-2,9,11,13H2. The first-order chi connectivity index (χ1) is 12.9. The van der Waals surface area contributed by atoms with Crippen LogP contribution < -0.4 is 4.74 Å². The lowest BCUT2D eigenvalue weighted by molar-refractivity contribution is -0.137. The van der Waals surface area contributed by atoms with Crippen LogP contribution in [0.25, 0.3) is 0 Å². The van der Waals surface area contributed by atoms with Crippen LogP contribution in [-0.4, -0.2) is 17.4 Å². The lowest BCUT2D eigenvalue weighted by Gasteiger charge is -2.29. The highest BCUT2D eigenvalue weighted by Crippen LogP contribution is 2.32. The van der Waals surface area contributed by atoms with E-state index < -0.39 is 11.7 Å². The Morgan fingerprint density at radius 3 is 2.48 bits per heavy atom. The average molecular weight is 374 g/mol. The molecule has 0 bridgehead atoms. The smallest absolute Gasteiger partial charge is 0.416 e. The number of carbonyl (C=O) groups is 1. The Balaban J connectivity index is 1.71. The van der Waals surface area contributed by atoms with Gasteiger partial charge in [0.1, 0.15) is 11.5 Å². The molecule has 0 atom stereocenters. The number of fused-ring (bicyclic) bond motifs is 1. The topological polar surface area (TPSA) is 53.3 Å². The van der Waals surface area contributed by atoms with Gasteiger partial charge in [0.05, 0.1) is 11.6 Å². The summed E-state index contributed by atoms with van der Waals surface area (Å²) in [6.45, 7) is 1.04. The normalized spacial score (nSPS) is 13.6. The molecule has 0 fully saturated rings. The van der Waals surface area contributed by atoms with Gasteiger partial charge in [-0.05, 0) is 53.9 Å². The van der Waals surface area contributed by atoms with Crippen molar-refractivity contribution < 1.29 is 22.7 Å². The van der Waals surface area contributed by atoms with Crippen molar-refractivity contribution in [3.8, 4) is 17.6 Å². The molecule has 2 aromatic rings. The fraction of sp³-hybridized carbons (Fsp3) is 0.300. The van der Waals surface area contributed by atoms with Crippen molar-refractivity contribution in [1.82, 2.24) is 4.90 Å². The summed E-state index contributed by atoms with van der Waals surface area (Å²) in [6, 6.07) is 12.0. The number of rotatable bonds is 4. The average Bonchev–Trinajstić information content (AvgIpc) is 2.65. The number of hydrogen-bond donors (Lipinski definition) is 0.